The molecule has 13 heavy (non-hydrogen) atoms. The standard InChI is InChI=1S/C8H17NO4/c1-11-5-6-12-3-2-4-13-7-8(9)10/h2-7H2,1H3,(H2,9,10). The van der Waals surface area contributed by atoms with E-state index in [2.05, 4.69) is 0 Å². The van der Waals surface area contributed by atoms with Gasteiger partial charge < -0.3 is 19.9 Å². The van der Waals surface area contributed by atoms with E-state index in [1.165, 1.54) is 0 Å². The molecule has 0 aromatic rings. The van der Waals surface area contributed by atoms with Crippen LogP contribution in [0.25, 0.3) is 0 Å². The van der Waals surface area contributed by atoms with Gasteiger partial charge in [0, 0.05) is 20.3 Å². The van der Waals surface area contributed by atoms with Crippen LogP contribution in [-0.2, 0) is 19.0 Å². The molecule has 0 aliphatic heterocycles. The molecule has 0 aliphatic rings. The molecule has 0 bridgehead atoms. The van der Waals surface area contributed by atoms with E-state index in [1.54, 1.807) is 7.11 Å². The second-order valence-corrected chi connectivity index (χ2v) is 2.48. The largest absolute Gasteiger partial charge is 0.382 e. The second-order valence-electron chi connectivity index (χ2n) is 2.48. The number of hydrogen-bond acceptors (Lipinski definition) is 4. The van der Waals surface area contributed by atoms with E-state index >= 15 is 0 Å². The van der Waals surface area contributed by atoms with E-state index in [4.69, 9.17) is 19.9 Å². The number of methoxy groups -OCH3 is 1. The Kier molecular flexibility index (Phi) is 8.97. The molecular weight excluding hydrogens is 174 g/mol. The van der Waals surface area contributed by atoms with Crippen molar-refractivity contribution >= 4 is 5.91 Å². The summed E-state index contributed by atoms with van der Waals surface area (Å²) in [6.07, 6.45) is 0.761. The van der Waals surface area contributed by atoms with Crippen LogP contribution in [0.3, 0.4) is 0 Å². The number of ether oxygens (including phenoxy) is 3. The molecule has 0 aromatic heterocycles. The van der Waals surface area contributed by atoms with Crippen LogP contribution in [0.4, 0.5) is 0 Å². The van der Waals surface area contributed by atoms with Crippen LogP contribution in [0.5, 0.6) is 0 Å². The average molecular weight is 191 g/mol. The molecule has 0 radical (unpaired) electrons. The number of rotatable bonds is 9. The Balaban J connectivity index is 2.87. The van der Waals surface area contributed by atoms with Gasteiger partial charge in [0.25, 0.3) is 0 Å². The molecule has 0 aromatic carbocycles. The minimum atomic E-state index is -0.444. The van der Waals surface area contributed by atoms with Gasteiger partial charge in [0.15, 0.2) is 0 Å². The minimum Gasteiger partial charge on any atom is -0.382 e. The molecule has 0 atom stereocenters. The summed E-state index contributed by atoms with van der Waals surface area (Å²) in [4.78, 5) is 10.2. The first kappa shape index (κ1) is 12.3. The van der Waals surface area contributed by atoms with Crippen molar-refractivity contribution in [3.05, 3.63) is 0 Å². The Hall–Kier alpha value is -0.650. The normalized spacial score (nSPS) is 10.2. The summed E-state index contributed by atoms with van der Waals surface area (Å²) in [6, 6.07) is 0. The predicted molar refractivity (Wildman–Crippen MR) is 47.3 cm³/mol. The Bertz CT molecular complexity index is 129. The first-order valence-electron chi connectivity index (χ1n) is 4.20. The predicted octanol–water partition coefficient (Wildman–Crippen LogP) is -0.459. The van der Waals surface area contributed by atoms with E-state index in [-0.39, 0.29) is 6.61 Å². The van der Waals surface area contributed by atoms with Crippen molar-refractivity contribution in [2.75, 3.05) is 40.1 Å². The minimum absolute atomic E-state index is 0.0158. The van der Waals surface area contributed by atoms with Gasteiger partial charge >= 0.3 is 0 Å². The SMILES string of the molecule is COCCOCCCOCC(N)=O. The van der Waals surface area contributed by atoms with Gasteiger partial charge in [-0.1, -0.05) is 0 Å². The topological polar surface area (TPSA) is 70.8 Å². The lowest BCUT2D eigenvalue weighted by Crippen LogP contribution is -2.18. The van der Waals surface area contributed by atoms with Crippen LogP contribution in [0.15, 0.2) is 0 Å². The summed E-state index contributed by atoms with van der Waals surface area (Å²) in [7, 11) is 1.62. The first-order valence-corrected chi connectivity index (χ1v) is 4.20. The zero-order valence-corrected chi connectivity index (χ0v) is 7.95. The van der Waals surface area contributed by atoms with Crippen LogP contribution >= 0.6 is 0 Å². The van der Waals surface area contributed by atoms with Gasteiger partial charge in [-0.3, -0.25) is 4.79 Å². The third kappa shape index (κ3) is 11.3. The summed E-state index contributed by atoms with van der Waals surface area (Å²) in [5.74, 6) is -0.444. The third-order valence-electron chi connectivity index (χ3n) is 1.25. The maximum absolute atomic E-state index is 10.2. The third-order valence-corrected chi connectivity index (χ3v) is 1.25. The fraction of sp³-hybridized carbons (Fsp3) is 0.875. The molecule has 0 heterocycles. The van der Waals surface area contributed by atoms with Crippen molar-refractivity contribution in [2.24, 2.45) is 5.73 Å². The smallest absolute Gasteiger partial charge is 0.243 e. The van der Waals surface area contributed by atoms with E-state index in [0.29, 0.717) is 26.4 Å². The molecule has 0 aliphatic carbocycles. The lowest BCUT2D eigenvalue weighted by molar-refractivity contribution is -0.122. The van der Waals surface area contributed by atoms with Gasteiger partial charge in [-0.25, -0.2) is 0 Å². The highest BCUT2D eigenvalue weighted by atomic mass is 16.5. The van der Waals surface area contributed by atoms with Crippen molar-refractivity contribution < 1.29 is 19.0 Å². The highest BCUT2D eigenvalue weighted by molar-refractivity contribution is 5.74. The molecule has 0 unspecified atom stereocenters. The summed E-state index contributed by atoms with van der Waals surface area (Å²) >= 11 is 0. The first-order chi connectivity index (χ1) is 6.27. The van der Waals surface area contributed by atoms with Crippen LogP contribution in [-0.4, -0.2) is 46.1 Å². The summed E-state index contributed by atoms with van der Waals surface area (Å²) < 4.78 is 14.9. The van der Waals surface area contributed by atoms with Gasteiger partial charge in [-0.05, 0) is 6.42 Å². The number of hydrogen-bond donors (Lipinski definition) is 1. The number of amides is 1. The highest BCUT2D eigenvalue weighted by Gasteiger charge is 1.93. The van der Waals surface area contributed by atoms with E-state index in [1.807, 2.05) is 0 Å². The van der Waals surface area contributed by atoms with Gasteiger partial charge in [-0.15, -0.1) is 0 Å². The fourth-order valence-electron chi connectivity index (χ4n) is 0.680. The van der Waals surface area contributed by atoms with Crippen molar-refractivity contribution in [3.8, 4) is 0 Å². The molecule has 5 heteroatoms. The fourth-order valence-corrected chi connectivity index (χ4v) is 0.680. The zero-order valence-electron chi connectivity index (χ0n) is 7.95. The van der Waals surface area contributed by atoms with Crippen molar-refractivity contribution in [3.63, 3.8) is 0 Å². The maximum atomic E-state index is 10.2. The second kappa shape index (κ2) is 9.44. The van der Waals surface area contributed by atoms with Crippen LogP contribution < -0.4 is 5.73 Å². The molecule has 0 rings (SSSR count). The van der Waals surface area contributed by atoms with Crippen molar-refractivity contribution in [1.29, 1.82) is 0 Å². The van der Waals surface area contributed by atoms with Crippen molar-refractivity contribution in [2.45, 2.75) is 6.42 Å². The molecule has 0 fully saturated rings. The molecule has 0 saturated heterocycles. The zero-order chi connectivity index (χ0) is 9.94. The number of carbonyl (C=O) groups is 1. The summed E-state index contributed by atoms with van der Waals surface area (Å²) in [5, 5.41) is 0. The van der Waals surface area contributed by atoms with Gasteiger partial charge in [0.2, 0.25) is 5.91 Å². The Morgan fingerprint density at radius 1 is 1.15 bits per heavy atom. The van der Waals surface area contributed by atoms with Gasteiger partial charge in [0.05, 0.1) is 13.2 Å². The molecule has 0 spiro atoms. The average Bonchev–Trinajstić information content (AvgIpc) is 2.09. The molecule has 0 saturated carbocycles. The van der Waals surface area contributed by atoms with Gasteiger partial charge in [-0.2, -0.15) is 0 Å². The Labute approximate surface area is 78.1 Å². The van der Waals surface area contributed by atoms with Crippen LogP contribution in [0.2, 0.25) is 0 Å². The molecule has 2 N–H and O–H groups in total. The Morgan fingerprint density at radius 2 is 1.85 bits per heavy atom. The number of nitrogens with two attached hydrogens (primary N) is 1. The van der Waals surface area contributed by atoms with E-state index in [9.17, 15) is 4.79 Å². The number of carbonyl (C=O) groups excluding carboxylic acids is 1. The number of primary amides is 1. The summed E-state index contributed by atoms with van der Waals surface area (Å²) in [5.41, 5.74) is 4.86. The summed E-state index contributed by atoms with van der Waals surface area (Å²) in [6.45, 7) is 2.28. The van der Waals surface area contributed by atoms with Crippen molar-refractivity contribution in [1.82, 2.24) is 0 Å². The Morgan fingerprint density at radius 3 is 2.46 bits per heavy atom. The highest BCUT2D eigenvalue weighted by Crippen LogP contribution is 1.85. The molecular formula is C8H17NO4. The molecule has 78 valence electrons. The van der Waals surface area contributed by atoms with Gasteiger partial charge in [0.1, 0.15) is 6.61 Å². The maximum Gasteiger partial charge on any atom is 0.243 e. The monoisotopic (exact) mass is 191 g/mol. The molecule has 1 amide bonds. The van der Waals surface area contributed by atoms with Crippen LogP contribution in [0, 0.1) is 0 Å². The lowest BCUT2D eigenvalue weighted by atomic mass is 10.5. The lowest BCUT2D eigenvalue weighted by Gasteiger charge is -2.03. The molecule has 5 nitrogen and oxygen atoms in total. The van der Waals surface area contributed by atoms with E-state index < -0.39 is 5.91 Å². The quantitative estimate of drug-likeness (QED) is 0.501. The van der Waals surface area contributed by atoms with Crippen LogP contribution in [0.1, 0.15) is 6.42 Å². The van der Waals surface area contributed by atoms with E-state index in [0.717, 1.165) is 6.42 Å².